The number of amides is 1. The van der Waals surface area contributed by atoms with Crippen molar-refractivity contribution in [1.29, 1.82) is 0 Å². The summed E-state index contributed by atoms with van der Waals surface area (Å²) in [5.74, 6) is 0.780. The first-order valence-electron chi connectivity index (χ1n) is 11.6. The zero-order valence-electron chi connectivity index (χ0n) is 19.9. The number of alkyl carbamates (subject to hydrolysis) is 1. The van der Waals surface area contributed by atoms with E-state index in [-0.39, 0.29) is 18.4 Å². The van der Waals surface area contributed by atoms with Gasteiger partial charge in [-0.25, -0.2) is 9.78 Å². The standard InChI is InChI=1S/C27H31N3O4/c1-27(2,3)34-26(32)29-16-22-20-10-7-11-23(31)21(20)12-13-24(22)33-25(17-30-15-14-28-18-30)19-8-5-4-6-9-19/h4-6,8-9,12-15,18,25H,7,10-11,16-17H2,1-3H3,(H,29,32). The molecule has 1 heterocycles. The third kappa shape index (κ3) is 5.84. The molecule has 3 aromatic rings. The van der Waals surface area contributed by atoms with Crippen LogP contribution < -0.4 is 10.1 Å². The second-order valence-corrected chi connectivity index (χ2v) is 9.48. The molecule has 1 aromatic heterocycles. The number of ether oxygens (including phenoxy) is 2. The lowest BCUT2D eigenvalue weighted by molar-refractivity contribution is 0.0522. The van der Waals surface area contributed by atoms with Crippen LogP contribution in [0.3, 0.4) is 0 Å². The molecular weight excluding hydrogens is 430 g/mol. The highest BCUT2D eigenvalue weighted by Crippen LogP contribution is 2.34. The molecule has 1 amide bonds. The van der Waals surface area contributed by atoms with E-state index in [4.69, 9.17) is 9.47 Å². The van der Waals surface area contributed by atoms with E-state index in [1.54, 1.807) is 12.5 Å². The maximum atomic E-state index is 12.6. The average Bonchev–Trinajstić information content (AvgIpc) is 3.30. The van der Waals surface area contributed by atoms with Crippen molar-refractivity contribution in [3.05, 3.63) is 83.4 Å². The van der Waals surface area contributed by atoms with Gasteiger partial charge in [0.2, 0.25) is 0 Å². The van der Waals surface area contributed by atoms with Crippen molar-refractivity contribution < 1.29 is 19.1 Å². The van der Waals surface area contributed by atoms with Crippen molar-refractivity contribution in [2.75, 3.05) is 0 Å². The summed E-state index contributed by atoms with van der Waals surface area (Å²) in [7, 11) is 0. The summed E-state index contributed by atoms with van der Waals surface area (Å²) in [6.45, 7) is 6.26. The Hall–Kier alpha value is -3.61. The number of imidazole rings is 1. The van der Waals surface area contributed by atoms with E-state index in [2.05, 4.69) is 10.3 Å². The monoisotopic (exact) mass is 461 g/mol. The fourth-order valence-electron chi connectivity index (χ4n) is 4.18. The third-order valence-corrected chi connectivity index (χ3v) is 5.70. The predicted octanol–water partition coefficient (Wildman–Crippen LogP) is 5.25. The van der Waals surface area contributed by atoms with Crippen molar-refractivity contribution in [3.8, 4) is 5.75 Å². The van der Waals surface area contributed by atoms with Crippen molar-refractivity contribution in [3.63, 3.8) is 0 Å². The van der Waals surface area contributed by atoms with Gasteiger partial charge in [0.1, 0.15) is 17.5 Å². The van der Waals surface area contributed by atoms with Gasteiger partial charge in [0.15, 0.2) is 5.78 Å². The van der Waals surface area contributed by atoms with Gasteiger partial charge >= 0.3 is 6.09 Å². The zero-order valence-corrected chi connectivity index (χ0v) is 19.9. The molecule has 0 saturated carbocycles. The number of nitrogens with zero attached hydrogens (tertiary/aromatic N) is 2. The van der Waals surface area contributed by atoms with Crippen LogP contribution in [0.2, 0.25) is 0 Å². The first kappa shape index (κ1) is 23.5. The molecule has 0 saturated heterocycles. The van der Waals surface area contributed by atoms with Gasteiger partial charge in [-0.3, -0.25) is 4.79 Å². The van der Waals surface area contributed by atoms with Crippen LogP contribution >= 0.6 is 0 Å². The fraction of sp³-hybridized carbons (Fsp3) is 0.370. The Bertz CT molecular complexity index is 1130. The number of Topliss-reactive ketones (excluding diaryl/α,β-unsaturated/α-hetero) is 1. The second kappa shape index (κ2) is 10.1. The molecule has 34 heavy (non-hydrogen) atoms. The topological polar surface area (TPSA) is 82.4 Å². The van der Waals surface area contributed by atoms with Crippen molar-refractivity contribution in [1.82, 2.24) is 14.9 Å². The minimum absolute atomic E-state index is 0.129. The van der Waals surface area contributed by atoms with Crippen LogP contribution in [0.25, 0.3) is 0 Å². The number of ketones is 1. The predicted molar refractivity (Wildman–Crippen MR) is 129 cm³/mol. The number of aromatic nitrogens is 2. The van der Waals surface area contributed by atoms with Gasteiger partial charge in [0.05, 0.1) is 19.4 Å². The van der Waals surface area contributed by atoms with Crippen LogP contribution in [0, 0.1) is 0 Å². The number of nitrogens with one attached hydrogen (secondary N) is 1. The van der Waals surface area contributed by atoms with Gasteiger partial charge < -0.3 is 19.4 Å². The summed E-state index contributed by atoms with van der Waals surface area (Å²) >= 11 is 0. The molecule has 1 unspecified atom stereocenters. The highest BCUT2D eigenvalue weighted by molar-refractivity contribution is 5.99. The van der Waals surface area contributed by atoms with Gasteiger partial charge in [-0.2, -0.15) is 0 Å². The lowest BCUT2D eigenvalue weighted by atomic mass is 9.86. The minimum atomic E-state index is -0.599. The molecule has 1 atom stereocenters. The van der Waals surface area contributed by atoms with Gasteiger partial charge in [-0.05, 0) is 56.9 Å². The quantitative estimate of drug-likeness (QED) is 0.520. The summed E-state index contributed by atoms with van der Waals surface area (Å²) in [5.41, 5.74) is 2.90. The lowest BCUT2D eigenvalue weighted by Gasteiger charge is -2.26. The van der Waals surface area contributed by atoms with Crippen LogP contribution in [-0.2, 0) is 24.2 Å². The Morgan fingerprint density at radius 1 is 1.15 bits per heavy atom. The van der Waals surface area contributed by atoms with Gasteiger partial charge in [-0.1, -0.05) is 30.3 Å². The van der Waals surface area contributed by atoms with Gasteiger partial charge in [0.25, 0.3) is 0 Å². The maximum absolute atomic E-state index is 12.6. The SMILES string of the molecule is CC(C)(C)OC(=O)NCc1c(OC(Cn2ccnc2)c2ccccc2)ccc2c1CCCC2=O. The van der Waals surface area contributed by atoms with Crippen LogP contribution in [0.15, 0.2) is 61.2 Å². The molecule has 0 fully saturated rings. The second-order valence-electron chi connectivity index (χ2n) is 9.48. The van der Waals surface area contributed by atoms with Crippen LogP contribution in [0.1, 0.15) is 66.8 Å². The normalized spacial score (nSPS) is 14.3. The zero-order chi connectivity index (χ0) is 24.1. The van der Waals surface area contributed by atoms with E-state index in [0.29, 0.717) is 24.3 Å². The molecule has 7 heteroatoms. The number of carbonyl (C=O) groups is 2. The molecule has 1 aliphatic carbocycles. The van der Waals surface area contributed by atoms with E-state index in [1.807, 2.05) is 74.0 Å². The average molecular weight is 462 g/mol. The fourth-order valence-corrected chi connectivity index (χ4v) is 4.18. The minimum Gasteiger partial charge on any atom is -0.483 e. The van der Waals surface area contributed by atoms with Crippen LogP contribution in [0.5, 0.6) is 5.75 Å². The van der Waals surface area contributed by atoms with Crippen molar-refractivity contribution >= 4 is 11.9 Å². The van der Waals surface area contributed by atoms with Crippen LogP contribution in [-0.4, -0.2) is 27.0 Å². The van der Waals surface area contributed by atoms with Crippen LogP contribution in [0.4, 0.5) is 4.79 Å². The maximum Gasteiger partial charge on any atom is 0.407 e. The van der Waals surface area contributed by atoms with Crippen molar-refractivity contribution in [2.24, 2.45) is 0 Å². The van der Waals surface area contributed by atoms with Gasteiger partial charge in [0, 0.05) is 29.9 Å². The van der Waals surface area contributed by atoms with Crippen molar-refractivity contribution in [2.45, 2.75) is 64.8 Å². The van der Waals surface area contributed by atoms with E-state index in [9.17, 15) is 9.59 Å². The molecular formula is C27H31N3O4. The Kier molecular flexibility index (Phi) is 7.01. The number of hydrogen-bond acceptors (Lipinski definition) is 5. The summed E-state index contributed by atoms with van der Waals surface area (Å²) in [5, 5.41) is 2.85. The first-order valence-corrected chi connectivity index (χ1v) is 11.6. The van der Waals surface area contributed by atoms with Gasteiger partial charge in [-0.15, -0.1) is 0 Å². The Morgan fingerprint density at radius 2 is 1.94 bits per heavy atom. The Morgan fingerprint density at radius 3 is 2.65 bits per heavy atom. The summed E-state index contributed by atoms with van der Waals surface area (Å²) in [6.07, 6.45) is 6.70. The molecule has 7 nitrogen and oxygen atoms in total. The molecule has 0 aliphatic heterocycles. The summed E-state index contributed by atoms with van der Waals surface area (Å²) < 4.78 is 14.0. The molecule has 1 aliphatic rings. The Labute approximate surface area is 200 Å². The molecule has 2 aromatic carbocycles. The smallest absolute Gasteiger partial charge is 0.407 e. The van der Waals surface area contributed by atoms with E-state index in [1.165, 1.54) is 0 Å². The first-order chi connectivity index (χ1) is 16.3. The molecule has 1 N–H and O–H groups in total. The number of fused-ring (bicyclic) bond motifs is 1. The van der Waals surface area contributed by atoms with E-state index in [0.717, 1.165) is 29.5 Å². The lowest BCUT2D eigenvalue weighted by Crippen LogP contribution is -2.32. The molecule has 0 bridgehead atoms. The molecule has 0 radical (unpaired) electrons. The molecule has 0 spiro atoms. The third-order valence-electron chi connectivity index (χ3n) is 5.70. The highest BCUT2D eigenvalue weighted by Gasteiger charge is 2.25. The number of hydrogen-bond donors (Lipinski definition) is 1. The molecule has 178 valence electrons. The number of carbonyl (C=O) groups excluding carboxylic acids is 2. The Balaban J connectivity index is 1.66. The molecule has 4 rings (SSSR count). The summed E-state index contributed by atoms with van der Waals surface area (Å²) in [4.78, 5) is 29.1. The van der Waals surface area contributed by atoms with E-state index >= 15 is 0 Å². The summed E-state index contributed by atoms with van der Waals surface area (Å²) in [6, 6.07) is 13.7. The van der Waals surface area contributed by atoms with E-state index < -0.39 is 11.7 Å². The highest BCUT2D eigenvalue weighted by atomic mass is 16.6. The largest absolute Gasteiger partial charge is 0.483 e. The number of benzene rings is 2. The number of rotatable bonds is 7.